The number of hydrogen-bond donors (Lipinski definition) is 2. The molecular weight excluding hydrogens is 216 g/mol. The predicted molar refractivity (Wildman–Crippen MR) is 68.6 cm³/mol. The van der Waals surface area contributed by atoms with Crippen molar-refractivity contribution in [2.45, 2.75) is 45.6 Å². The van der Waals surface area contributed by atoms with E-state index in [0.29, 0.717) is 25.1 Å². The van der Waals surface area contributed by atoms with Crippen LogP contribution in [-0.4, -0.2) is 31.7 Å². The van der Waals surface area contributed by atoms with Crippen LogP contribution >= 0.6 is 0 Å². The second-order valence-corrected chi connectivity index (χ2v) is 5.37. The van der Waals surface area contributed by atoms with Crippen LogP contribution in [0.3, 0.4) is 0 Å². The molecule has 4 nitrogen and oxygen atoms in total. The molecule has 0 heterocycles. The Hall–Kier alpha value is -0.610. The van der Waals surface area contributed by atoms with Gasteiger partial charge in [-0.15, -0.1) is 0 Å². The number of rotatable bonds is 6. The first-order valence-corrected chi connectivity index (χ1v) is 6.70. The van der Waals surface area contributed by atoms with Crippen molar-refractivity contribution in [3.8, 4) is 0 Å². The molecule has 0 bridgehead atoms. The molecule has 3 N–H and O–H groups in total. The number of ether oxygens (including phenoxy) is 1. The molecule has 100 valence electrons. The maximum absolute atomic E-state index is 11.8. The molecule has 4 heteroatoms. The van der Waals surface area contributed by atoms with Gasteiger partial charge in [-0.2, -0.15) is 0 Å². The second-order valence-electron chi connectivity index (χ2n) is 5.37. The van der Waals surface area contributed by atoms with Crippen LogP contribution in [0, 0.1) is 11.8 Å². The zero-order chi connectivity index (χ0) is 12.7. The van der Waals surface area contributed by atoms with E-state index in [1.54, 1.807) is 0 Å². The Kier molecular flexibility index (Phi) is 6.52. The van der Waals surface area contributed by atoms with Crippen LogP contribution < -0.4 is 11.1 Å². The van der Waals surface area contributed by atoms with Gasteiger partial charge in [0.05, 0.1) is 6.61 Å². The van der Waals surface area contributed by atoms with Crippen molar-refractivity contribution >= 4 is 5.91 Å². The third-order valence-corrected chi connectivity index (χ3v) is 3.14. The van der Waals surface area contributed by atoms with Gasteiger partial charge in [-0.3, -0.25) is 4.79 Å². The van der Waals surface area contributed by atoms with E-state index >= 15 is 0 Å². The van der Waals surface area contributed by atoms with Crippen molar-refractivity contribution in [3.05, 3.63) is 0 Å². The third kappa shape index (κ3) is 6.03. The first-order chi connectivity index (χ1) is 8.09. The number of carbonyl (C=O) groups is 1. The van der Waals surface area contributed by atoms with E-state index in [1.807, 2.05) is 0 Å². The Balaban J connectivity index is 2.05. The second kappa shape index (κ2) is 7.67. The Bertz CT molecular complexity index is 223. The number of nitrogens with one attached hydrogen (secondary N) is 1. The summed E-state index contributed by atoms with van der Waals surface area (Å²) in [4.78, 5) is 11.8. The van der Waals surface area contributed by atoms with Crippen LogP contribution in [0.2, 0.25) is 0 Å². The molecular formula is C13H26N2O2. The lowest BCUT2D eigenvalue weighted by atomic mass is 9.86. The highest BCUT2D eigenvalue weighted by molar-refractivity contribution is 5.78. The van der Waals surface area contributed by atoms with Gasteiger partial charge in [0.2, 0.25) is 5.91 Å². The maximum atomic E-state index is 11.8. The largest absolute Gasteiger partial charge is 0.379 e. The minimum Gasteiger partial charge on any atom is -0.379 e. The first-order valence-electron chi connectivity index (χ1n) is 6.70. The van der Waals surface area contributed by atoms with Crippen molar-refractivity contribution in [2.75, 3.05) is 19.8 Å². The molecule has 1 aliphatic rings. The normalized spacial score (nSPS) is 24.9. The quantitative estimate of drug-likeness (QED) is 0.690. The summed E-state index contributed by atoms with van der Waals surface area (Å²) in [6.45, 7) is 6.21. The molecule has 0 radical (unpaired) electrons. The number of amides is 1. The molecule has 1 rings (SSSR count). The van der Waals surface area contributed by atoms with Crippen LogP contribution in [-0.2, 0) is 9.53 Å². The Labute approximate surface area is 104 Å². The predicted octanol–water partition coefficient (Wildman–Crippen LogP) is 1.29. The number of carbonyl (C=O) groups excluding carboxylic acids is 1. The topological polar surface area (TPSA) is 64.3 Å². The van der Waals surface area contributed by atoms with Crippen molar-refractivity contribution in [1.29, 1.82) is 0 Å². The highest BCUT2D eigenvalue weighted by atomic mass is 16.5. The summed E-state index contributed by atoms with van der Waals surface area (Å²) in [5, 5.41) is 2.94. The SMILES string of the molecule is CC(C)COCCNC(=O)C1CCC(N)CC1. The van der Waals surface area contributed by atoms with Gasteiger partial charge in [-0.25, -0.2) is 0 Å². The van der Waals surface area contributed by atoms with Crippen LogP contribution in [0.1, 0.15) is 39.5 Å². The maximum Gasteiger partial charge on any atom is 0.223 e. The van der Waals surface area contributed by atoms with Crippen molar-refractivity contribution in [3.63, 3.8) is 0 Å². The lowest BCUT2D eigenvalue weighted by Gasteiger charge is -2.25. The molecule has 0 spiro atoms. The molecule has 0 aromatic heterocycles. The fourth-order valence-electron chi connectivity index (χ4n) is 2.09. The fraction of sp³-hybridized carbons (Fsp3) is 0.923. The summed E-state index contributed by atoms with van der Waals surface area (Å²) in [6, 6.07) is 0.299. The molecule has 0 atom stereocenters. The molecule has 1 saturated carbocycles. The van der Waals surface area contributed by atoms with E-state index in [4.69, 9.17) is 10.5 Å². The van der Waals surface area contributed by atoms with E-state index < -0.39 is 0 Å². The van der Waals surface area contributed by atoms with E-state index in [1.165, 1.54) is 0 Å². The Morgan fingerprint density at radius 2 is 2.00 bits per heavy atom. The van der Waals surface area contributed by atoms with Crippen LogP contribution in [0.4, 0.5) is 0 Å². The summed E-state index contributed by atoms with van der Waals surface area (Å²) in [7, 11) is 0. The number of hydrogen-bond acceptors (Lipinski definition) is 3. The summed E-state index contributed by atoms with van der Waals surface area (Å²) in [6.07, 6.45) is 3.81. The van der Waals surface area contributed by atoms with Crippen LogP contribution in [0.5, 0.6) is 0 Å². The minimum atomic E-state index is 0.167. The van der Waals surface area contributed by atoms with Gasteiger partial charge in [0.15, 0.2) is 0 Å². The molecule has 0 unspecified atom stereocenters. The third-order valence-electron chi connectivity index (χ3n) is 3.14. The van der Waals surface area contributed by atoms with Gasteiger partial charge < -0.3 is 15.8 Å². The standard InChI is InChI=1S/C13H26N2O2/c1-10(2)9-17-8-7-15-13(16)11-3-5-12(14)6-4-11/h10-12H,3-9,14H2,1-2H3,(H,15,16). The lowest BCUT2D eigenvalue weighted by Crippen LogP contribution is -2.37. The van der Waals surface area contributed by atoms with Crippen molar-refractivity contribution in [2.24, 2.45) is 17.6 Å². The highest BCUT2D eigenvalue weighted by Crippen LogP contribution is 2.22. The summed E-state index contributed by atoms with van der Waals surface area (Å²) in [5.74, 6) is 0.885. The van der Waals surface area contributed by atoms with E-state index in [2.05, 4.69) is 19.2 Å². The van der Waals surface area contributed by atoms with Crippen molar-refractivity contribution < 1.29 is 9.53 Å². The molecule has 1 amide bonds. The van der Waals surface area contributed by atoms with E-state index in [0.717, 1.165) is 32.3 Å². The first kappa shape index (κ1) is 14.5. The smallest absolute Gasteiger partial charge is 0.223 e. The zero-order valence-corrected chi connectivity index (χ0v) is 11.1. The van der Waals surface area contributed by atoms with Gasteiger partial charge in [0.25, 0.3) is 0 Å². The molecule has 0 aromatic carbocycles. The van der Waals surface area contributed by atoms with Crippen LogP contribution in [0.25, 0.3) is 0 Å². The molecule has 17 heavy (non-hydrogen) atoms. The lowest BCUT2D eigenvalue weighted by molar-refractivity contribution is -0.126. The van der Waals surface area contributed by atoms with Crippen molar-refractivity contribution in [1.82, 2.24) is 5.32 Å². The summed E-state index contributed by atoms with van der Waals surface area (Å²) >= 11 is 0. The number of nitrogens with two attached hydrogens (primary N) is 1. The minimum absolute atomic E-state index is 0.167. The summed E-state index contributed by atoms with van der Waals surface area (Å²) in [5.41, 5.74) is 5.81. The molecule has 0 saturated heterocycles. The molecule has 1 aliphatic carbocycles. The zero-order valence-electron chi connectivity index (χ0n) is 11.1. The van der Waals surface area contributed by atoms with E-state index in [-0.39, 0.29) is 11.8 Å². The molecule has 1 fully saturated rings. The van der Waals surface area contributed by atoms with Crippen LogP contribution in [0.15, 0.2) is 0 Å². The van der Waals surface area contributed by atoms with Gasteiger partial charge in [-0.05, 0) is 31.6 Å². The Morgan fingerprint density at radius 3 is 2.59 bits per heavy atom. The van der Waals surface area contributed by atoms with Gasteiger partial charge in [0, 0.05) is 25.1 Å². The summed E-state index contributed by atoms with van der Waals surface area (Å²) < 4.78 is 5.42. The Morgan fingerprint density at radius 1 is 1.35 bits per heavy atom. The molecule has 0 aliphatic heterocycles. The average Bonchev–Trinajstić information content (AvgIpc) is 2.29. The van der Waals surface area contributed by atoms with Gasteiger partial charge in [-0.1, -0.05) is 13.8 Å². The molecule has 0 aromatic rings. The fourth-order valence-corrected chi connectivity index (χ4v) is 2.09. The highest BCUT2D eigenvalue weighted by Gasteiger charge is 2.23. The van der Waals surface area contributed by atoms with Gasteiger partial charge in [0.1, 0.15) is 0 Å². The monoisotopic (exact) mass is 242 g/mol. The van der Waals surface area contributed by atoms with E-state index in [9.17, 15) is 4.79 Å². The van der Waals surface area contributed by atoms with Gasteiger partial charge >= 0.3 is 0 Å². The average molecular weight is 242 g/mol.